The number of anilines is 1. The molecule has 1 amide bonds. The molecule has 1 fully saturated rings. The first-order chi connectivity index (χ1) is 8.02. The number of benzene rings is 1. The molecule has 1 saturated carbocycles. The van der Waals surface area contributed by atoms with Crippen molar-refractivity contribution in [2.24, 2.45) is 11.8 Å². The Kier molecular flexibility index (Phi) is 3.20. The van der Waals surface area contributed by atoms with E-state index in [0.29, 0.717) is 5.92 Å². The summed E-state index contributed by atoms with van der Waals surface area (Å²) in [6, 6.07) is 3.87. The fraction of sp³-hybridized carbons (Fsp3) is 0.500. The number of rotatable bonds is 3. The topological polar surface area (TPSA) is 49.3 Å². The Morgan fingerprint density at radius 1 is 1.41 bits per heavy atom. The number of carbonyl (C=O) groups excluding carboxylic acids is 1. The van der Waals surface area contributed by atoms with Gasteiger partial charge >= 0.3 is 0 Å². The van der Waals surface area contributed by atoms with Crippen LogP contribution in [-0.4, -0.2) is 11.0 Å². The molecule has 1 aliphatic carbocycles. The third-order valence-corrected chi connectivity index (χ3v) is 3.56. The Morgan fingerprint density at radius 3 is 2.59 bits per heavy atom. The summed E-state index contributed by atoms with van der Waals surface area (Å²) in [7, 11) is 0. The van der Waals surface area contributed by atoms with Crippen LogP contribution in [0.15, 0.2) is 12.1 Å². The third-order valence-electron chi connectivity index (χ3n) is 3.56. The van der Waals surface area contributed by atoms with Crippen LogP contribution < -0.4 is 5.32 Å². The molecule has 3 nitrogen and oxygen atoms in total. The molecule has 0 heterocycles. The zero-order valence-electron chi connectivity index (χ0n) is 10.6. The van der Waals surface area contributed by atoms with Gasteiger partial charge < -0.3 is 10.4 Å². The van der Waals surface area contributed by atoms with Gasteiger partial charge in [-0.25, -0.2) is 0 Å². The van der Waals surface area contributed by atoms with Gasteiger partial charge in [-0.2, -0.15) is 0 Å². The maximum Gasteiger partial charge on any atom is 0.227 e. The maximum absolute atomic E-state index is 11.8. The van der Waals surface area contributed by atoms with Crippen molar-refractivity contribution in [3.8, 4) is 0 Å². The van der Waals surface area contributed by atoms with Gasteiger partial charge in [0, 0.05) is 11.6 Å². The van der Waals surface area contributed by atoms with Crippen LogP contribution in [0, 0.1) is 25.7 Å². The van der Waals surface area contributed by atoms with Gasteiger partial charge in [0.1, 0.15) is 0 Å². The Balaban J connectivity index is 2.17. The van der Waals surface area contributed by atoms with E-state index in [-0.39, 0.29) is 18.4 Å². The Morgan fingerprint density at radius 2 is 2.06 bits per heavy atom. The molecule has 0 unspecified atom stereocenters. The zero-order valence-corrected chi connectivity index (χ0v) is 10.6. The number of amides is 1. The maximum atomic E-state index is 11.8. The highest BCUT2D eigenvalue weighted by molar-refractivity contribution is 5.95. The quantitative estimate of drug-likeness (QED) is 0.842. The predicted molar refractivity (Wildman–Crippen MR) is 67.7 cm³/mol. The summed E-state index contributed by atoms with van der Waals surface area (Å²) >= 11 is 0. The molecular weight excluding hydrogens is 214 g/mol. The fourth-order valence-corrected chi connectivity index (χ4v) is 2.11. The largest absolute Gasteiger partial charge is 0.392 e. The van der Waals surface area contributed by atoms with Gasteiger partial charge in [0.2, 0.25) is 5.91 Å². The highest BCUT2D eigenvalue weighted by atomic mass is 16.3. The molecular formula is C14H19NO2. The minimum Gasteiger partial charge on any atom is -0.392 e. The first kappa shape index (κ1) is 12.1. The van der Waals surface area contributed by atoms with E-state index >= 15 is 0 Å². The molecule has 0 spiro atoms. The van der Waals surface area contributed by atoms with Crippen molar-refractivity contribution >= 4 is 11.6 Å². The lowest BCUT2D eigenvalue weighted by molar-refractivity contribution is -0.117. The molecule has 0 saturated heterocycles. The summed E-state index contributed by atoms with van der Waals surface area (Å²) in [5.74, 6) is 0.791. The zero-order chi connectivity index (χ0) is 12.6. The third kappa shape index (κ3) is 2.50. The Bertz CT molecular complexity index is 454. The van der Waals surface area contributed by atoms with Crippen molar-refractivity contribution in [2.45, 2.75) is 33.8 Å². The van der Waals surface area contributed by atoms with Crippen molar-refractivity contribution in [1.29, 1.82) is 0 Å². The first-order valence-electron chi connectivity index (χ1n) is 6.04. The predicted octanol–water partition coefficient (Wildman–Crippen LogP) is 2.39. The normalized spacial score (nSPS) is 22.4. The van der Waals surface area contributed by atoms with Crippen LogP contribution in [0.4, 0.5) is 5.69 Å². The van der Waals surface area contributed by atoms with E-state index in [2.05, 4.69) is 12.2 Å². The van der Waals surface area contributed by atoms with Crippen LogP contribution >= 0.6 is 0 Å². The smallest absolute Gasteiger partial charge is 0.227 e. The summed E-state index contributed by atoms with van der Waals surface area (Å²) < 4.78 is 0. The van der Waals surface area contributed by atoms with Crippen LogP contribution in [0.3, 0.4) is 0 Å². The molecule has 0 radical (unpaired) electrons. The first-order valence-corrected chi connectivity index (χ1v) is 6.04. The fourth-order valence-electron chi connectivity index (χ4n) is 2.11. The van der Waals surface area contributed by atoms with E-state index in [9.17, 15) is 9.90 Å². The number of aliphatic hydroxyl groups excluding tert-OH is 1. The molecule has 0 bridgehead atoms. The van der Waals surface area contributed by atoms with Crippen molar-refractivity contribution in [3.05, 3.63) is 28.8 Å². The van der Waals surface area contributed by atoms with Crippen LogP contribution in [0.5, 0.6) is 0 Å². The van der Waals surface area contributed by atoms with Gasteiger partial charge in [-0.05, 0) is 48.9 Å². The van der Waals surface area contributed by atoms with Crippen LogP contribution in [0.2, 0.25) is 0 Å². The van der Waals surface area contributed by atoms with Gasteiger partial charge in [-0.1, -0.05) is 13.0 Å². The van der Waals surface area contributed by atoms with E-state index in [1.165, 1.54) is 0 Å². The second kappa shape index (κ2) is 4.49. The van der Waals surface area contributed by atoms with Gasteiger partial charge in [-0.3, -0.25) is 4.79 Å². The molecule has 1 aromatic rings. The standard InChI is InChI=1S/C14H19NO2/c1-8-4-10(3)13(6-11(8)7-16)15-14(17)12-5-9(12)2/h4,6,9,12,16H,5,7H2,1-3H3,(H,15,17)/t9-,12-/m0/s1. The van der Waals surface area contributed by atoms with Crippen molar-refractivity contribution in [2.75, 3.05) is 5.32 Å². The van der Waals surface area contributed by atoms with Crippen molar-refractivity contribution in [3.63, 3.8) is 0 Å². The number of aryl methyl sites for hydroxylation is 2. The number of aliphatic hydroxyl groups is 1. The molecule has 0 aliphatic heterocycles. The lowest BCUT2D eigenvalue weighted by Gasteiger charge is -2.12. The number of hydrogen-bond acceptors (Lipinski definition) is 2. The van der Waals surface area contributed by atoms with Gasteiger partial charge in [-0.15, -0.1) is 0 Å². The molecule has 2 rings (SSSR count). The van der Waals surface area contributed by atoms with Gasteiger partial charge in [0.15, 0.2) is 0 Å². The van der Waals surface area contributed by atoms with Crippen LogP contribution in [-0.2, 0) is 11.4 Å². The molecule has 17 heavy (non-hydrogen) atoms. The second-order valence-electron chi connectivity index (χ2n) is 5.06. The molecule has 2 atom stereocenters. The van der Waals surface area contributed by atoms with E-state index in [1.54, 1.807) is 0 Å². The molecule has 1 aliphatic rings. The number of nitrogens with one attached hydrogen (secondary N) is 1. The molecule has 2 N–H and O–H groups in total. The summed E-state index contributed by atoms with van der Waals surface area (Å²) in [4.78, 5) is 11.8. The molecule has 0 aromatic heterocycles. The Labute approximate surface area is 102 Å². The van der Waals surface area contributed by atoms with Gasteiger partial charge in [0.05, 0.1) is 6.61 Å². The average Bonchev–Trinajstić information content (AvgIpc) is 2.99. The molecule has 1 aromatic carbocycles. The average molecular weight is 233 g/mol. The number of hydrogen-bond donors (Lipinski definition) is 2. The van der Waals surface area contributed by atoms with Crippen LogP contribution in [0.25, 0.3) is 0 Å². The summed E-state index contributed by atoms with van der Waals surface area (Å²) in [6.45, 7) is 6.04. The Hall–Kier alpha value is -1.35. The van der Waals surface area contributed by atoms with E-state index in [4.69, 9.17) is 0 Å². The minimum atomic E-state index is 0.00875. The van der Waals surface area contributed by atoms with Crippen molar-refractivity contribution < 1.29 is 9.90 Å². The summed E-state index contributed by atoms with van der Waals surface area (Å²) in [5.41, 5.74) is 3.79. The van der Waals surface area contributed by atoms with Gasteiger partial charge in [0.25, 0.3) is 0 Å². The molecule has 92 valence electrons. The van der Waals surface area contributed by atoms with Crippen LogP contribution in [0.1, 0.15) is 30.0 Å². The second-order valence-corrected chi connectivity index (χ2v) is 5.06. The lowest BCUT2D eigenvalue weighted by Crippen LogP contribution is -2.15. The molecule has 3 heteroatoms. The summed E-state index contributed by atoms with van der Waals surface area (Å²) in [5, 5.41) is 12.2. The van der Waals surface area contributed by atoms with Crippen molar-refractivity contribution in [1.82, 2.24) is 0 Å². The number of carbonyl (C=O) groups is 1. The van der Waals surface area contributed by atoms with E-state index in [0.717, 1.165) is 28.8 Å². The highest BCUT2D eigenvalue weighted by Crippen LogP contribution is 2.38. The lowest BCUT2D eigenvalue weighted by atomic mass is 10.0. The highest BCUT2D eigenvalue weighted by Gasteiger charge is 2.39. The van der Waals surface area contributed by atoms with E-state index in [1.807, 2.05) is 26.0 Å². The SMILES string of the molecule is Cc1cc(C)c(NC(=O)[C@H]2C[C@@H]2C)cc1CO. The minimum absolute atomic E-state index is 0.00875. The monoisotopic (exact) mass is 233 g/mol. The van der Waals surface area contributed by atoms with E-state index < -0.39 is 0 Å². The summed E-state index contributed by atoms with van der Waals surface area (Å²) in [6.07, 6.45) is 0.990.